The van der Waals surface area contributed by atoms with Crippen molar-refractivity contribution >= 4 is 17.7 Å². The summed E-state index contributed by atoms with van der Waals surface area (Å²) >= 11 is 0.995. The molecule has 106 valence electrons. The molecular formula is C12H13N3O4S. The van der Waals surface area contributed by atoms with E-state index in [1.807, 2.05) is 24.3 Å². The van der Waals surface area contributed by atoms with Gasteiger partial charge in [-0.3, -0.25) is 9.36 Å². The molecule has 0 radical (unpaired) electrons. The maximum absolute atomic E-state index is 11.7. The van der Waals surface area contributed by atoms with Crippen LogP contribution in [0.5, 0.6) is 5.75 Å². The van der Waals surface area contributed by atoms with Crippen LogP contribution in [0.15, 0.2) is 34.2 Å². The molecule has 0 spiro atoms. The van der Waals surface area contributed by atoms with Gasteiger partial charge in [0.2, 0.25) is 0 Å². The summed E-state index contributed by atoms with van der Waals surface area (Å²) in [5.74, 6) is -0.417. The maximum Gasteiger partial charge on any atom is 0.344 e. The molecule has 0 unspecified atom stereocenters. The standard InChI is InChI=1S/C12H13N3O4S/c1-19-9-4-2-3-8(5-9)6-15-11(18)13-14-12(15)20-7-10(16)17/h2-5H,6-7H2,1H3,(H,13,18)(H,16,17). The predicted molar refractivity (Wildman–Crippen MR) is 73.3 cm³/mol. The molecule has 0 atom stereocenters. The van der Waals surface area contributed by atoms with Crippen LogP contribution in [0.25, 0.3) is 0 Å². The van der Waals surface area contributed by atoms with Crippen LogP contribution in [0.3, 0.4) is 0 Å². The Balaban J connectivity index is 2.21. The lowest BCUT2D eigenvalue weighted by Crippen LogP contribution is -2.18. The largest absolute Gasteiger partial charge is 0.497 e. The number of ether oxygens (including phenoxy) is 1. The number of rotatable bonds is 6. The van der Waals surface area contributed by atoms with Crippen LogP contribution < -0.4 is 10.4 Å². The fourth-order valence-electron chi connectivity index (χ4n) is 1.63. The molecule has 0 bridgehead atoms. The second-order valence-corrected chi connectivity index (χ2v) is 4.87. The number of aliphatic carboxylic acids is 1. The summed E-state index contributed by atoms with van der Waals surface area (Å²) in [6.07, 6.45) is 0. The second kappa shape index (κ2) is 6.29. The lowest BCUT2D eigenvalue weighted by atomic mass is 10.2. The number of aromatic amines is 1. The number of carboxylic acids is 1. The Bertz CT molecular complexity index is 665. The number of aromatic nitrogens is 3. The number of nitrogens with zero attached hydrogens (tertiary/aromatic N) is 2. The van der Waals surface area contributed by atoms with Gasteiger partial charge in [0.25, 0.3) is 0 Å². The van der Waals surface area contributed by atoms with Gasteiger partial charge >= 0.3 is 11.7 Å². The van der Waals surface area contributed by atoms with Gasteiger partial charge in [0.1, 0.15) is 5.75 Å². The van der Waals surface area contributed by atoms with Crippen LogP contribution in [0.1, 0.15) is 5.56 Å². The Kier molecular flexibility index (Phi) is 4.46. The molecule has 1 heterocycles. The molecule has 2 N–H and O–H groups in total. The van der Waals surface area contributed by atoms with E-state index < -0.39 is 5.97 Å². The number of benzene rings is 1. The van der Waals surface area contributed by atoms with Gasteiger partial charge in [-0.2, -0.15) is 0 Å². The van der Waals surface area contributed by atoms with E-state index >= 15 is 0 Å². The third kappa shape index (κ3) is 3.41. The fraction of sp³-hybridized carbons (Fsp3) is 0.250. The first-order valence-corrected chi connectivity index (χ1v) is 6.71. The minimum atomic E-state index is -0.960. The second-order valence-electron chi connectivity index (χ2n) is 3.93. The van der Waals surface area contributed by atoms with Gasteiger partial charge in [-0.05, 0) is 17.7 Å². The molecule has 0 amide bonds. The van der Waals surface area contributed by atoms with Crippen LogP contribution in [-0.2, 0) is 11.3 Å². The van der Waals surface area contributed by atoms with E-state index in [4.69, 9.17) is 9.84 Å². The summed E-state index contributed by atoms with van der Waals surface area (Å²) < 4.78 is 6.51. The Morgan fingerprint density at radius 2 is 2.35 bits per heavy atom. The van der Waals surface area contributed by atoms with E-state index in [-0.39, 0.29) is 11.4 Å². The number of nitrogens with one attached hydrogen (secondary N) is 1. The fourth-order valence-corrected chi connectivity index (χ4v) is 2.30. The first kappa shape index (κ1) is 14.2. The molecule has 2 rings (SSSR count). The highest BCUT2D eigenvalue weighted by atomic mass is 32.2. The zero-order valence-corrected chi connectivity index (χ0v) is 11.5. The first-order valence-electron chi connectivity index (χ1n) is 5.73. The van der Waals surface area contributed by atoms with Gasteiger partial charge in [-0.25, -0.2) is 9.89 Å². The lowest BCUT2D eigenvalue weighted by molar-refractivity contribution is -0.133. The van der Waals surface area contributed by atoms with Crippen molar-refractivity contribution in [2.24, 2.45) is 0 Å². The summed E-state index contributed by atoms with van der Waals surface area (Å²) in [6.45, 7) is 0.300. The highest BCUT2D eigenvalue weighted by Gasteiger charge is 2.11. The predicted octanol–water partition coefficient (Wildman–Crippen LogP) is 0.805. The van der Waals surface area contributed by atoms with E-state index in [0.717, 1.165) is 17.3 Å². The topological polar surface area (TPSA) is 97.2 Å². The third-order valence-electron chi connectivity index (χ3n) is 2.52. The molecule has 0 aliphatic carbocycles. The van der Waals surface area contributed by atoms with Crippen LogP contribution >= 0.6 is 11.8 Å². The summed E-state index contributed by atoms with van der Waals surface area (Å²) in [7, 11) is 1.57. The monoisotopic (exact) mass is 295 g/mol. The van der Waals surface area contributed by atoms with Crippen molar-refractivity contribution in [3.63, 3.8) is 0 Å². The van der Waals surface area contributed by atoms with Gasteiger partial charge in [0, 0.05) is 0 Å². The van der Waals surface area contributed by atoms with Crippen LogP contribution in [0, 0.1) is 0 Å². The molecule has 1 aromatic heterocycles. The van der Waals surface area contributed by atoms with Gasteiger partial charge in [0.05, 0.1) is 19.4 Å². The molecule has 2 aromatic rings. The molecular weight excluding hydrogens is 282 g/mol. The average molecular weight is 295 g/mol. The molecule has 1 aromatic carbocycles. The van der Waals surface area contributed by atoms with E-state index in [2.05, 4.69) is 10.2 Å². The zero-order chi connectivity index (χ0) is 14.5. The molecule has 0 fully saturated rings. The van der Waals surface area contributed by atoms with Crippen LogP contribution in [0.2, 0.25) is 0 Å². The third-order valence-corrected chi connectivity index (χ3v) is 3.48. The van der Waals surface area contributed by atoms with Crippen molar-refractivity contribution in [3.8, 4) is 5.75 Å². The van der Waals surface area contributed by atoms with Gasteiger partial charge in [-0.15, -0.1) is 5.10 Å². The Hall–Kier alpha value is -2.22. The van der Waals surface area contributed by atoms with E-state index in [9.17, 15) is 9.59 Å². The number of carbonyl (C=O) groups is 1. The Labute approximate surface area is 118 Å². The van der Waals surface area contributed by atoms with Crippen molar-refractivity contribution in [1.82, 2.24) is 14.8 Å². The van der Waals surface area contributed by atoms with Gasteiger partial charge in [-0.1, -0.05) is 23.9 Å². The molecule has 8 heteroatoms. The van der Waals surface area contributed by atoms with Crippen molar-refractivity contribution < 1.29 is 14.6 Å². The van der Waals surface area contributed by atoms with E-state index in [0.29, 0.717) is 17.5 Å². The van der Waals surface area contributed by atoms with Crippen molar-refractivity contribution in [3.05, 3.63) is 40.3 Å². The molecule has 0 aliphatic heterocycles. The van der Waals surface area contributed by atoms with E-state index in [1.54, 1.807) is 7.11 Å². The van der Waals surface area contributed by atoms with E-state index in [1.165, 1.54) is 4.57 Å². The van der Waals surface area contributed by atoms with Crippen LogP contribution in [0.4, 0.5) is 0 Å². The summed E-state index contributed by atoms with van der Waals surface area (Å²) in [5.41, 5.74) is 0.491. The minimum absolute atomic E-state index is 0.150. The average Bonchev–Trinajstić information content (AvgIpc) is 2.78. The van der Waals surface area contributed by atoms with Crippen molar-refractivity contribution in [2.75, 3.05) is 12.9 Å². The highest BCUT2D eigenvalue weighted by molar-refractivity contribution is 7.99. The maximum atomic E-state index is 11.7. The molecule has 0 saturated carbocycles. The zero-order valence-electron chi connectivity index (χ0n) is 10.7. The Morgan fingerprint density at radius 1 is 1.55 bits per heavy atom. The summed E-state index contributed by atoms with van der Waals surface area (Å²) in [5, 5.41) is 15.2. The molecule has 0 aliphatic rings. The number of carboxylic acid groups (broad SMARTS) is 1. The van der Waals surface area contributed by atoms with Crippen LogP contribution in [-0.4, -0.2) is 38.7 Å². The quantitative estimate of drug-likeness (QED) is 0.765. The van der Waals surface area contributed by atoms with Crippen molar-refractivity contribution in [1.29, 1.82) is 0 Å². The smallest absolute Gasteiger partial charge is 0.344 e. The first-order chi connectivity index (χ1) is 9.60. The number of hydrogen-bond donors (Lipinski definition) is 2. The Morgan fingerprint density at radius 3 is 3.05 bits per heavy atom. The number of methoxy groups -OCH3 is 1. The number of H-pyrrole nitrogens is 1. The normalized spacial score (nSPS) is 10.4. The van der Waals surface area contributed by atoms with Gasteiger partial charge in [0.15, 0.2) is 5.16 Å². The molecule has 7 nitrogen and oxygen atoms in total. The SMILES string of the molecule is COc1cccc(Cn2c(SCC(=O)O)n[nH]c2=O)c1. The molecule has 0 saturated heterocycles. The number of hydrogen-bond acceptors (Lipinski definition) is 5. The van der Waals surface area contributed by atoms with Crippen molar-refractivity contribution in [2.45, 2.75) is 11.7 Å². The minimum Gasteiger partial charge on any atom is -0.497 e. The summed E-state index contributed by atoms with van der Waals surface area (Å²) in [6, 6.07) is 7.30. The molecule has 20 heavy (non-hydrogen) atoms. The van der Waals surface area contributed by atoms with Gasteiger partial charge < -0.3 is 9.84 Å². The highest BCUT2D eigenvalue weighted by Crippen LogP contribution is 2.17. The summed E-state index contributed by atoms with van der Waals surface area (Å²) in [4.78, 5) is 22.3. The lowest BCUT2D eigenvalue weighted by Gasteiger charge is -2.06. The number of thioether (sulfide) groups is 1.